The van der Waals surface area contributed by atoms with Crippen LogP contribution < -0.4 is 0 Å². The normalized spacial score (nSPS) is 18.4. The lowest BCUT2D eigenvalue weighted by Crippen LogP contribution is -2.47. The van der Waals surface area contributed by atoms with Crippen molar-refractivity contribution in [3.8, 4) is 0 Å². The van der Waals surface area contributed by atoms with Crippen molar-refractivity contribution in [1.82, 2.24) is 24.8 Å². The molecule has 4 rings (SSSR count). The van der Waals surface area contributed by atoms with Gasteiger partial charge in [-0.2, -0.15) is 0 Å². The molecule has 0 aromatic carbocycles. The van der Waals surface area contributed by atoms with E-state index >= 15 is 0 Å². The lowest BCUT2D eigenvalue weighted by atomic mass is 9.92. The second-order valence-corrected chi connectivity index (χ2v) is 8.70. The van der Waals surface area contributed by atoms with Gasteiger partial charge in [-0.15, -0.1) is 0 Å². The van der Waals surface area contributed by atoms with E-state index in [1.54, 1.807) is 6.20 Å². The molecule has 0 unspecified atom stereocenters. The van der Waals surface area contributed by atoms with Crippen LogP contribution in [-0.4, -0.2) is 83.0 Å². The van der Waals surface area contributed by atoms with E-state index in [1.807, 2.05) is 35.8 Å². The number of likely N-dealkylation sites (N-methyl/N-ethyl adjacent to an activating group) is 1. The maximum absolute atomic E-state index is 12.7. The van der Waals surface area contributed by atoms with Gasteiger partial charge in [-0.05, 0) is 45.9 Å². The fraction of sp³-hybridized carbons (Fsp3) is 0.565. The first kappa shape index (κ1) is 21.5. The lowest BCUT2D eigenvalue weighted by Gasteiger charge is -2.33. The third kappa shape index (κ3) is 4.79. The second kappa shape index (κ2) is 9.18. The van der Waals surface area contributed by atoms with Crippen molar-refractivity contribution in [2.24, 2.45) is 0 Å². The molecule has 0 radical (unpaired) electrons. The summed E-state index contributed by atoms with van der Waals surface area (Å²) in [6.45, 7) is 8.49. The van der Waals surface area contributed by atoms with Crippen molar-refractivity contribution >= 4 is 11.8 Å². The minimum absolute atomic E-state index is 0.0619. The highest BCUT2D eigenvalue weighted by Gasteiger charge is 2.26. The number of pyridine rings is 1. The predicted molar refractivity (Wildman–Crippen MR) is 116 cm³/mol. The third-order valence-corrected chi connectivity index (χ3v) is 6.60. The summed E-state index contributed by atoms with van der Waals surface area (Å²) in [5, 5.41) is 3.94. The van der Waals surface area contributed by atoms with Gasteiger partial charge in [-0.25, -0.2) is 0 Å². The van der Waals surface area contributed by atoms with Crippen LogP contribution in [0.2, 0.25) is 0 Å². The van der Waals surface area contributed by atoms with Crippen LogP contribution in [0.5, 0.6) is 0 Å². The summed E-state index contributed by atoms with van der Waals surface area (Å²) in [4.78, 5) is 36.1. The van der Waals surface area contributed by atoms with Gasteiger partial charge in [0.05, 0.1) is 17.7 Å². The number of hydrogen-bond donors (Lipinski definition) is 0. The number of aromatic nitrogens is 2. The summed E-state index contributed by atoms with van der Waals surface area (Å²) < 4.78 is 5.17. The number of rotatable bonds is 4. The van der Waals surface area contributed by atoms with Crippen molar-refractivity contribution in [2.45, 2.75) is 39.0 Å². The molecule has 0 saturated carbocycles. The summed E-state index contributed by atoms with van der Waals surface area (Å²) in [6, 6.07) is 3.88. The number of amides is 2. The van der Waals surface area contributed by atoms with E-state index in [1.165, 1.54) is 0 Å². The summed E-state index contributed by atoms with van der Waals surface area (Å²) in [5.41, 5.74) is 3.35. The van der Waals surface area contributed by atoms with Gasteiger partial charge in [0.25, 0.3) is 5.91 Å². The van der Waals surface area contributed by atoms with E-state index in [-0.39, 0.29) is 11.8 Å². The average Bonchev–Trinajstić information content (AvgIpc) is 3.11. The van der Waals surface area contributed by atoms with Crippen LogP contribution in [0.3, 0.4) is 0 Å². The molecule has 8 heteroatoms. The van der Waals surface area contributed by atoms with Crippen LogP contribution in [0.4, 0.5) is 0 Å². The van der Waals surface area contributed by atoms with Crippen LogP contribution in [0.25, 0.3) is 0 Å². The Hall–Kier alpha value is -2.74. The molecule has 8 nitrogen and oxygen atoms in total. The first-order valence-corrected chi connectivity index (χ1v) is 11.1. The predicted octanol–water partition coefficient (Wildman–Crippen LogP) is 2.02. The number of hydrogen-bond acceptors (Lipinski definition) is 6. The Morgan fingerprint density at radius 3 is 2.32 bits per heavy atom. The fourth-order valence-electron chi connectivity index (χ4n) is 4.41. The summed E-state index contributed by atoms with van der Waals surface area (Å²) >= 11 is 0. The standard InChI is InChI=1S/C23H31N5O3/c1-16-20(17(2)31-25-16)14-22(29)27-8-6-18(7-9-27)21-5-4-19(15-24-21)23(30)28-12-10-26(3)11-13-28/h4-5,15,18H,6-14H2,1-3H3. The van der Waals surface area contributed by atoms with Crippen LogP contribution >= 0.6 is 0 Å². The van der Waals surface area contributed by atoms with E-state index in [4.69, 9.17) is 4.52 Å². The van der Waals surface area contributed by atoms with Crippen molar-refractivity contribution in [3.05, 3.63) is 46.6 Å². The Bertz CT molecular complexity index is 904. The van der Waals surface area contributed by atoms with E-state index in [0.717, 1.165) is 74.8 Å². The second-order valence-electron chi connectivity index (χ2n) is 8.70. The van der Waals surface area contributed by atoms with Crippen LogP contribution in [0.15, 0.2) is 22.9 Å². The molecule has 166 valence electrons. The number of carbonyl (C=O) groups excluding carboxylic acids is 2. The van der Waals surface area contributed by atoms with Crippen molar-refractivity contribution in [2.75, 3.05) is 46.3 Å². The van der Waals surface area contributed by atoms with Gasteiger partial charge < -0.3 is 19.2 Å². The zero-order chi connectivity index (χ0) is 22.0. The highest BCUT2D eigenvalue weighted by atomic mass is 16.5. The minimum atomic E-state index is 0.0619. The van der Waals surface area contributed by atoms with Crippen LogP contribution in [-0.2, 0) is 11.2 Å². The van der Waals surface area contributed by atoms with Gasteiger partial charge in [-0.3, -0.25) is 14.6 Å². The monoisotopic (exact) mass is 425 g/mol. The Morgan fingerprint density at radius 1 is 1.03 bits per heavy atom. The van der Waals surface area contributed by atoms with Crippen LogP contribution in [0.1, 0.15) is 51.8 Å². The topological polar surface area (TPSA) is 82.8 Å². The summed E-state index contributed by atoms with van der Waals surface area (Å²) in [5.74, 6) is 1.22. The summed E-state index contributed by atoms with van der Waals surface area (Å²) in [6.07, 6.45) is 3.82. The first-order valence-electron chi connectivity index (χ1n) is 11.1. The smallest absolute Gasteiger partial charge is 0.255 e. The first-order chi connectivity index (χ1) is 14.9. The molecule has 0 aliphatic carbocycles. The minimum Gasteiger partial charge on any atom is -0.361 e. The molecular formula is C23H31N5O3. The quantitative estimate of drug-likeness (QED) is 0.745. The SMILES string of the molecule is Cc1noc(C)c1CC(=O)N1CCC(c2ccc(C(=O)N3CCN(C)CC3)cn2)CC1. The molecule has 2 amide bonds. The molecule has 0 spiro atoms. The molecular weight excluding hydrogens is 394 g/mol. The highest BCUT2D eigenvalue weighted by Crippen LogP contribution is 2.27. The third-order valence-electron chi connectivity index (χ3n) is 6.60. The summed E-state index contributed by atoms with van der Waals surface area (Å²) in [7, 11) is 2.08. The van der Waals surface area contributed by atoms with E-state index in [0.29, 0.717) is 17.9 Å². The molecule has 2 fully saturated rings. The van der Waals surface area contributed by atoms with Crippen LogP contribution in [0, 0.1) is 13.8 Å². The average molecular weight is 426 g/mol. The van der Waals surface area contributed by atoms with Gasteiger partial charge >= 0.3 is 0 Å². The molecule has 2 saturated heterocycles. The highest BCUT2D eigenvalue weighted by molar-refractivity contribution is 5.94. The number of piperazine rings is 1. The fourth-order valence-corrected chi connectivity index (χ4v) is 4.41. The van der Waals surface area contributed by atoms with Gasteiger partial charge in [0, 0.05) is 62.6 Å². The number of carbonyl (C=O) groups is 2. The Kier molecular flexibility index (Phi) is 6.36. The largest absolute Gasteiger partial charge is 0.361 e. The Morgan fingerprint density at radius 2 is 1.74 bits per heavy atom. The van der Waals surface area contributed by atoms with Gasteiger partial charge in [0.15, 0.2) is 0 Å². The van der Waals surface area contributed by atoms with Crippen molar-refractivity contribution in [1.29, 1.82) is 0 Å². The maximum atomic E-state index is 12.7. The van der Waals surface area contributed by atoms with Gasteiger partial charge in [-0.1, -0.05) is 5.16 Å². The molecule has 2 aliphatic rings. The zero-order valence-electron chi connectivity index (χ0n) is 18.6. The number of likely N-dealkylation sites (tertiary alicyclic amines) is 1. The van der Waals surface area contributed by atoms with Crippen molar-refractivity contribution in [3.63, 3.8) is 0 Å². The molecule has 31 heavy (non-hydrogen) atoms. The van der Waals surface area contributed by atoms with E-state index in [9.17, 15) is 9.59 Å². The lowest BCUT2D eigenvalue weighted by molar-refractivity contribution is -0.131. The zero-order valence-corrected chi connectivity index (χ0v) is 18.6. The Labute approximate surface area is 183 Å². The number of aryl methyl sites for hydroxylation is 2. The molecule has 4 heterocycles. The molecule has 2 aromatic heterocycles. The van der Waals surface area contributed by atoms with E-state index < -0.39 is 0 Å². The molecule has 2 aliphatic heterocycles. The number of piperidine rings is 1. The number of nitrogens with zero attached hydrogens (tertiary/aromatic N) is 5. The van der Waals surface area contributed by atoms with E-state index in [2.05, 4.69) is 22.1 Å². The Balaban J connectivity index is 1.30. The van der Waals surface area contributed by atoms with Gasteiger partial charge in [0.2, 0.25) is 5.91 Å². The molecule has 0 N–H and O–H groups in total. The van der Waals surface area contributed by atoms with Crippen molar-refractivity contribution < 1.29 is 14.1 Å². The maximum Gasteiger partial charge on any atom is 0.255 e. The molecule has 2 aromatic rings. The molecule has 0 bridgehead atoms. The van der Waals surface area contributed by atoms with Gasteiger partial charge in [0.1, 0.15) is 5.76 Å². The molecule has 0 atom stereocenters.